The average Bonchev–Trinajstić information content (AvgIpc) is 2.26. The Hall–Kier alpha value is -1.86. The SMILES string of the molecule is O=C(Nc1ccccc1)OCC(F)(F)C(F)(F)F. The summed E-state index contributed by atoms with van der Waals surface area (Å²) < 4.78 is 63.9. The number of hydrogen-bond donors (Lipinski definition) is 1. The van der Waals surface area contributed by atoms with E-state index < -0.39 is 24.8 Å². The maximum atomic E-state index is 12.4. The molecule has 100 valence electrons. The summed E-state index contributed by atoms with van der Waals surface area (Å²) in [6, 6.07) is 7.56. The van der Waals surface area contributed by atoms with Crippen molar-refractivity contribution in [1.82, 2.24) is 0 Å². The first kappa shape index (κ1) is 14.2. The molecule has 1 aromatic carbocycles. The smallest absolute Gasteiger partial charge is 0.442 e. The maximum Gasteiger partial charge on any atom is 0.456 e. The van der Waals surface area contributed by atoms with Gasteiger partial charge in [0.1, 0.15) is 0 Å². The normalized spacial score (nSPS) is 12.1. The van der Waals surface area contributed by atoms with E-state index in [0.717, 1.165) is 0 Å². The lowest BCUT2D eigenvalue weighted by Gasteiger charge is -2.19. The van der Waals surface area contributed by atoms with Crippen LogP contribution in [0.25, 0.3) is 0 Å². The number of benzene rings is 1. The Morgan fingerprint density at radius 2 is 1.67 bits per heavy atom. The van der Waals surface area contributed by atoms with E-state index in [4.69, 9.17) is 0 Å². The molecule has 0 aromatic heterocycles. The average molecular weight is 269 g/mol. The minimum atomic E-state index is -5.75. The Bertz CT molecular complexity index is 404. The molecule has 1 rings (SSSR count). The van der Waals surface area contributed by atoms with Gasteiger partial charge in [0.25, 0.3) is 0 Å². The molecule has 0 aliphatic carbocycles. The van der Waals surface area contributed by atoms with Crippen LogP contribution in [0.15, 0.2) is 30.3 Å². The van der Waals surface area contributed by atoms with Crippen molar-refractivity contribution in [3.05, 3.63) is 30.3 Å². The monoisotopic (exact) mass is 269 g/mol. The van der Waals surface area contributed by atoms with Gasteiger partial charge in [-0.25, -0.2) is 4.79 Å². The van der Waals surface area contributed by atoms with Gasteiger partial charge in [-0.15, -0.1) is 0 Å². The first-order valence-electron chi connectivity index (χ1n) is 4.66. The lowest BCUT2D eigenvalue weighted by atomic mass is 10.3. The molecular weight excluding hydrogens is 261 g/mol. The second-order valence-corrected chi connectivity index (χ2v) is 3.27. The van der Waals surface area contributed by atoms with Crippen LogP contribution in [0, 0.1) is 0 Å². The molecule has 0 bridgehead atoms. The van der Waals surface area contributed by atoms with E-state index in [9.17, 15) is 26.7 Å². The van der Waals surface area contributed by atoms with Crippen LogP contribution in [0.3, 0.4) is 0 Å². The van der Waals surface area contributed by atoms with Crippen LogP contribution in [0.1, 0.15) is 0 Å². The molecule has 0 heterocycles. The number of hydrogen-bond acceptors (Lipinski definition) is 2. The molecule has 0 aliphatic rings. The summed E-state index contributed by atoms with van der Waals surface area (Å²) in [4.78, 5) is 11.0. The number of carbonyl (C=O) groups is 1. The number of amides is 1. The number of para-hydroxylation sites is 1. The van der Waals surface area contributed by atoms with Gasteiger partial charge < -0.3 is 4.74 Å². The number of carbonyl (C=O) groups excluding carboxylic acids is 1. The molecule has 0 radical (unpaired) electrons. The number of halogens is 5. The zero-order valence-corrected chi connectivity index (χ0v) is 8.80. The van der Waals surface area contributed by atoms with Crippen LogP contribution < -0.4 is 5.32 Å². The van der Waals surface area contributed by atoms with E-state index in [0.29, 0.717) is 0 Å². The fraction of sp³-hybridized carbons (Fsp3) is 0.300. The van der Waals surface area contributed by atoms with Crippen molar-refractivity contribution >= 4 is 11.8 Å². The van der Waals surface area contributed by atoms with Gasteiger partial charge in [-0.3, -0.25) is 5.32 Å². The molecule has 18 heavy (non-hydrogen) atoms. The summed E-state index contributed by atoms with van der Waals surface area (Å²) in [6.07, 6.45) is -7.13. The van der Waals surface area contributed by atoms with Crippen molar-refractivity contribution in [2.75, 3.05) is 11.9 Å². The van der Waals surface area contributed by atoms with Crippen LogP contribution in [-0.4, -0.2) is 24.8 Å². The third-order valence-corrected chi connectivity index (χ3v) is 1.82. The topological polar surface area (TPSA) is 38.3 Å². The predicted octanol–water partition coefficient (Wildman–Crippen LogP) is 3.43. The minimum absolute atomic E-state index is 0.220. The van der Waals surface area contributed by atoms with E-state index in [1.54, 1.807) is 18.2 Å². The fourth-order valence-corrected chi connectivity index (χ4v) is 0.913. The Balaban J connectivity index is 2.48. The standard InChI is InChI=1S/C10H8F5NO2/c11-9(12,10(13,14)15)6-18-8(17)16-7-4-2-1-3-5-7/h1-5H,6H2,(H,16,17). The summed E-state index contributed by atoms with van der Waals surface area (Å²) in [6.45, 7) is -2.06. The lowest BCUT2D eigenvalue weighted by Crippen LogP contribution is -2.41. The summed E-state index contributed by atoms with van der Waals surface area (Å²) in [5, 5.41) is 2.00. The van der Waals surface area contributed by atoms with E-state index in [1.807, 2.05) is 5.32 Å². The highest BCUT2D eigenvalue weighted by Gasteiger charge is 2.58. The molecule has 0 unspecified atom stereocenters. The molecule has 0 saturated heterocycles. The van der Waals surface area contributed by atoms with Gasteiger partial charge >= 0.3 is 18.2 Å². The van der Waals surface area contributed by atoms with Gasteiger partial charge in [0.2, 0.25) is 0 Å². The summed E-state index contributed by atoms with van der Waals surface area (Å²) >= 11 is 0. The highest BCUT2D eigenvalue weighted by molar-refractivity contribution is 5.84. The van der Waals surface area contributed by atoms with E-state index in [-0.39, 0.29) is 5.69 Å². The number of nitrogens with one attached hydrogen (secondary N) is 1. The molecule has 1 aromatic rings. The van der Waals surface area contributed by atoms with Gasteiger partial charge in [0, 0.05) is 5.69 Å². The molecule has 0 saturated carbocycles. The first-order valence-corrected chi connectivity index (χ1v) is 4.66. The van der Waals surface area contributed by atoms with Crippen molar-refractivity contribution in [2.24, 2.45) is 0 Å². The summed E-state index contributed by atoms with van der Waals surface area (Å²) in [5.41, 5.74) is 0.220. The van der Waals surface area contributed by atoms with Crippen molar-refractivity contribution in [3.8, 4) is 0 Å². The molecular formula is C10H8F5NO2. The third-order valence-electron chi connectivity index (χ3n) is 1.82. The van der Waals surface area contributed by atoms with Gasteiger partial charge in [0.15, 0.2) is 6.61 Å². The van der Waals surface area contributed by atoms with Gasteiger partial charge in [-0.05, 0) is 12.1 Å². The summed E-state index contributed by atoms with van der Waals surface area (Å²) in [5.74, 6) is -5.07. The largest absolute Gasteiger partial charge is 0.456 e. The van der Waals surface area contributed by atoms with E-state index in [2.05, 4.69) is 4.74 Å². The molecule has 0 fully saturated rings. The predicted molar refractivity (Wildman–Crippen MR) is 52.4 cm³/mol. The zero-order valence-electron chi connectivity index (χ0n) is 8.80. The minimum Gasteiger partial charge on any atom is -0.442 e. The Morgan fingerprint density at radius 3 is 2.17 bits per heavy atom. The first-order chi connectivity index (χ1) is 8.22. The molecule has 8 heteroatoms. The number of alkyl halides is 5. The van der Waals surface area contributed by atoms with Crippen molar-refractivity contribution < 1.29 is 31.5 Å². The molecule has 1 amide bonds. The Morgan fingerprint density at radius 1 is 1.11 bits per heavy atom. The van der Waals surface area contributed by atoms with E-state index in [1.165, 1.54) is 12.1 Å². The second-order valence-electron chi connectivity index (χ2n) is 3.27. The number of rotatable bonds is 3. The highest BCUT2D eigenvalue weighted by Crippen LogP contribution is 2.35. The third kappa shape index (κ3) is 3.86. The molecule has 0 spiro atoms. The van der Waals surface area contributed by atoms with Crippen LogP contribution in [-0.2, 0) is 4.74 Å². The summed E-state index contributed by atoms with van der Waals surface area (Å²) in [7, 11) is 0. The van der Waals surface area contributed by atoms with Gasteiger partial charge in [-0.1, -0.05) is 18.2 Å². The maximum absolute atomic E-state index is 12.4. The molecule has 0 aliphatic heterocycles. The highest BCUT2D eigenvalue weighted by atomic mass is 19.4. The molecule has 3 nitrogen and oxygen atoms in total. The van der Waals surface area contributed by atoms with Crippen LogP contribution in [0.5, 0.6) is 0 Å². The number of ether oxygens (including phenoxy) is 1. The molecule has 0 atom stereocenters. The van der Waals surface area contributed by atoms with Crippen LogP contribution >= 0.6 is 0 Å². The van der Waals surface area contributed by atoms with Crippen LogP contribution in [0.2, 0.25) is 0 Å². The molecule has 1 N–H and O–H groups in total. The quantitative estimate of drug-likeness (QED) is 0.854. The fourth-order valence-electron chi connectivity index (χ4n) is 0.913. The van der Waals surface area contributed by atoms with Crippen molar-refractivity contribution in [2.45, 2.75) is 12.1 Å². The Labute approximate surface area is 98.5 Å². The Kier molecular flexibility index (Phi) is 4.10. The zero-order chi connectivity index (χ0) is 13.8. The lowest BCUT2D eigenvalue weighted by molar-refractivity contribution is -0.291. The number of anilines is 1. The van der Waals surface area contributed by atoms with Gasteiger partial charge in [0.05, 0.1) is 0 Å². The van der Waals surface area contributed by atoms with Gasteiger partial charge in [-0.2, -0.15) is 22.0 Å². The van der Waals surface area contributed by atoms with Crippen molar-refractivity contribution in [3.63, 3.8) is 0 Å². The van der Waals surface area contributed by atoms with E-state index >= 15 is 0 Å². The van der Waals surface area contributed by atoms with Crippen LogP contribution in [0.4, 0.5) is 32.4 Å². The second kappa shape index (κ2) is 5.19. The van der Waals surface area contributed by atoms with Crippen molar-refractivity contribution in [1.29, 1.82) is 0 Å².